The molecule has 1 N–H and O–H groups in total. The summed E-state index contributed by atoms with van der Waals surface area (Å²) in [6.45, 7) is 1.67. The number of rotatable bonds is 6. The molecule has 0 spiro atoms. The molecule has 10 heteroatoms. The topological polar surface area (TPSA) is 104 Å². The van der Waals surface area contributed by atoms with Gasteiger partial charge in [0, 0.05) is 31.7 Å². The van der Waals surface area contributed by atoms with Gasteiger partial charge in [0.25, 0.3) is 15.9 Å². The van der Waals surface area contributed by atoms with Gasteiger partial charge in [-0.1, -0.05) is 24.3 Å². The maximum Gasteiger partial charge on any atom is 0.264 e. The molecule has 0 bridgehead atoms. The zero-order valence-corrected chi connectivity index (χ0v) is 20.2. The van der Waals surface area contributed by atoms with E-state index in [4.69, 9.17) is 0 Å². The molecule has 0 saturated carbocycles. The van der Waals surface area contributed by atoms with E-state index in [9.17, 15) is 21.6 Å². The summed E-state index contributed by atoms with van der Waals surface area (Å²) in [5.74, 6) is -0.218. The molecule has 1 unspecified atom stereocenters. The maximum atomic E-state index is 13.5. The number of likely N-dealkylation sites (tertiary alicyclic amines) is 1. The summed E-state index contributed by atoms with van der Waals surface area (Å²) in [6, 6.07) is 13.7. The fraction of sp³-hybridized carbons (Fsp3) is 0.435. The molecular weight excluding hydrogens is 462 g/mol. The van der Waals surface area contributed by atoms with Gasteiger partial charge in [-0.3, -0.25) is 9.10 Å². The standard InChI is InChI=1S/C23H29N3O5S2/c1-32(28,29)24-16-18-7-5-13-25(17-18)23(27)20-9-4-11-21(15-20)33(30,31)26-14-6-10-19-8-2-3-12-22(19)26/h2-4,8-9,11-12,15,18,24H,5-7,10,13-14,16-17H2,1H3. The van der Waals surface area contributed by atoms with Gasteiger partial charge in [-0.25, -0.2) is 21.6 Å². The molecule has 4 rings (SSSR count). The first-order chi connectivity index (χ1) is 15.6. The van der Waals surface area contributed by atoms with Crippen molar-refractivity contribution in [3.63, 3.8) is 0 Å². The van der Waals surface area contributed by atoms with Crippen molar-refractivity contribution in [2.24, 2.45) is 5.92 Å². The van der Waals surface area contributed by atoms with Gasteiger partial charge < -0.3 is 4.90 Å². The Morgan fingerprint density at radius 1 is 1.03 bits per heavy atom. The van der Waals surface area contributed by atoms with Crippen LogP contribution in [0.3, 0.4) is 0 Å². The summed E-state index contributed by atoms with van der Waals surface area (Å²) < 4.78 is 53.7. The molecule has 1 amide bonds. The maximum absolute atomic E-state index is 13.5. The molecule has 1 saturated heterocycles. The number of carbonyl (C=O) groups excluding carboxylic acids is 1. The Balaban J connectivity index is 1.54. The number of amides is 1. The number of piperidine rings is 1. The molecule has 8 nitrogen and oxygen atoms in total. The lowest BCUT2D eigenvalue weighted by atomic mass is 9.97. The Morgan fingerprint density at radius 2 is 1.82 bits per heavy atom. The van der Waals surface area contributed by atoms with Crippen LogP contribution in [0.15, 0.2) is 53.4 Å². The van der Waals surface area contributed by atoms with Crippen molar-refractivity contribution >= 4 is 31.6 Å². The minimum absolute atomic E-state index is 0.0224. The van der Waals surface area contributed by atoms with Gasteiger partial charge >= 0.3 is 0 Å². The lowest BCUT2D eigenvalue weighted by Gasteiger charge is -2.33. The third-order valence-corrected chi connectivity index (χ3v) is 8.68. The second kappa shape index (κ2) is 9.44. The number of sulfonamides is 2. The third kappa shape index (κ3) is 5.39. The van der Waals surface area contributed by atoms with Crippen LogP contribution in [0.5, 0.6) is 0 Å². The summed E-state index contributed by atoms with van der Waals surface area (Å²) >= 11 is 0. The van der Waals surface area contributed by atoms with E-state index in [1.165, 1.54) is 16.4 Å². The minimum atomic E-state index is -3.81. The highest BCUT2D eigenvalue weighted by molar-refractivity contribution is 7.92. The highest BCUT2D eigenvalue weighted by Gasteiger charge is 2.30. The first-order valence-corrected chi connectivity index (χ1v) is 14.4. The molecule has 0 aromatic heterocycles. The first kappa shape index (κ1) is 23.7. The number of benzene rings is 2. The number of nitrogens with zero attached hydrogens (tertiary/aromatic N) is 2. The molecule has 33 heavy (non-hydrogen) atoms. The van der Waals surface area contributed by atoms with Crippen molar-refractivity contribution in [1.82, 2.24) is 9.62 Å². The Kier molecular flexibility index (Phi) is 6.78. The molecular formula is C23H29N3O5S2. The monoisotopic (exact) mass is 491 g/mol. The van der Waals surface area contributed by atoms with Gasteiger partial charge in [-0.05, 0) is 61.4 Å². The highest BCUT2D eigenvalue weighted by Crippen LogP contribution is 2.32. The average Bonchev–Trinajstić information content (AvgIpc) is 2.81. The zero-order chi connectivity index (χ0) is 23.6. The number of hydrogen-bond donors (Lipinski definition) is 1. The van der Waals surface area contributed by atoms with Gasteiger partial charge in [0.2, 0.25) is 10.0 Å². The van der Waals surface area contributed by atoms with Crippen LogP contribution in [-0.4, -0.2) is 60.1 Å². The second-order valence-electron chi connectivity index (χ2n) is 8.72. The predicted molar refractivity (Wildman–Crippen MR) is 127 cm³/mol. The van der Waals surface area contributed by atoms with E-state index in [0.717, 1.165) is 37.5 Å². The van der Waals surface area contributed by atoms with Crippen LogP contribution in [0, 0.1) is 5.92 Å². The third-order valence-electron chi connectivity index (χ3n) is 6.18. The van der Waals surface area contributed by atoms with Crippen LogP contribution in [0.25, 0.3) is 0 Å². The lowest BCUT2D eigenvalue weighted by Crippen LogP contribution is -2.43. The molecule has 1 fully saturated rings. The van der Waals surface area contributed by atoms with Crippen molar-refractivity contribution in [3.8, 4) is 0 Å². The van der Waals surface area contributed by atoms with E-state index in [1.807, 2.05) is 24.3 Å². The second-order valence-corrected chi connectivity index (χ2v) is 12.4. The number of para-hydroxylation sites is 1. The van der Waals surface area contributed by atoms with Crippen molar-refractivity contribution < 1.29 is 21.6 Å². The number of anilines is 1. The van der Waals surface area contributed by atoms with Crippen LogP contribution in [-0.2, 0) is 26.5 Å². The van der Waals surface area contributed by atoms with E-state index in [-0.39, 0.29) is 23.3 Å². The van der Waals surface area contributed by atoms with Crippen molar-refractivity contribution in [2.75, 3.05) is 36.7 Å². The van der Waals surface area contributed by atoms with Gasteiger partial charge in [0.1, 0.15) is 0 Å². The largest absolute Gasteiger partial charge is 0.338 e. The molecule has 1 atom stereocenters. The van der Waals surface area contributed by atoms with Crippen molar-refractivity contribution in [3.05, 3.63) is 59.7 Å². The van der Waals surface area contributed by atoms with E-state index in [1.54, 1.807) is 17.0 Å². The van der Waals surface area contributed by atoms with Gasteiger partial charge in [0.05, 0.1) is 16.8 Å². The average molecular weight is 492 g/mol. The first-order valence-electron chi connectivity index (χ1n) is 11.1. The van der Waals surface area contributed by atoms with E-state index in [2.05, 4.69) is 4.72 Å². The zero-order valence-electron chi connectivity index (χ0n) is 18.6. The smallest absolute Gasteiger partial charge is 0.264 e. The van der Waals surface area contributed by atoms with E-state index < -0.39 is 20.0 Å². The number of hydrogen-bond acceptors (Lipinski definition) is 5. The summed E-state index contributed by atoms with van der Waals surface area (Å²) in [5, 5.41) is 0. The summed E-state index contributed by atoms with van der Waals surface area (Å²) in [5.41, 5.74) is 2.01. The number of aryl methyl sites for hydroxylation is 1. The normalized spacial score (nSPS) is 19.2. The van der Waals surface area contributed by atoms with E-state index in [0.29, 0.717) is 30.9 Å². The molecule has 2 aromatic rings. The van der Waals surface area contributed by atoms with Gasteiger partial charge in [-0.2, -0.15) is 0 Å². The molecule has 2 aliphatic heterocycles. The summed E-state index contributed by atoms with van der Waals surface area (Å²) in [6.07, 6.45) is 4.29. The summed E-state index contributed by atoms with van der Waals surface area (Å²) in [4.78, 5) is 15.0. The number of fused-ring (bicyclic) bond motifs is 1. The predicted octanol–water partition coefficient (Wildman–Crippen LogP) is 2.23. The van der Waals surface area contributed by atoms with Crippen molar-refractivity contribution in [1.29, 1.82) is 0 Å². The minimum Gasteiger partial charge on any atom is -0.338 e. The van der Waals surface area contributed by atoms with Crippen molar-refractivity contribution in [2.45, 2.75) is 30.6 Å². The van der Waals surface area contributed by atoms with Crippen LogP contribution in [0.1, 0.15) is 35.2 Å². The van der Waals surface area contributed by atoms with Gasteiger partial charge in [0.15, 0.2) is 0 Å². The van der Waals surface area contributed by atoms with Crippen LogP contribution in [0.2, 0.25) is 0 Å². The van der Waals surface area contributed by atoms with Crippen LogP contribution >= 0.6 is 0 Å². The number of carbonyl (C=O) groups is 1. The SMILES string of the molecule is CS(=O)(=O)NCC1CCCN(C(=O)c2cccc(S(=O)(=O)N3CCCc4ccccc43)c2)C1. The number of nitrogens with one attached hydrogen (secondary N) is 1. The highest BCUT2D eigenvalue weighted by atomic mass is 32.2. The van der Waals surface area contributed by atoms with Crippen LogP contribution in [0.4, 0.5) is 5.69 Å². The molecule has 0 aliphatic carbocycles. The molecule has 0 radical (unpaired) electrons. The van der Waals surface area contributed by atoms with Gasteiger partial charge in [-0.15, -0.1) is 0 Å². The van der Waals surface area contributed by atoms with E-state index >= 15 is 0 Å². The fourth-order valence-corrected chi connectivity index (χ4v) is 6.66. The summed E-state index contributed by atoms with van der Waals surface area (Å²) in [7, 11) is -7.10. The molecule has 2 aromatic carbocycles. The lowest BCUT2D eigenvalue weighted by molar-refractivity contribution is 0.0676. The van der Waals surface area contributed by atoms with Crippen LogP contribution < -0.4 is 9.03 Å². The Hall–Kier alpha value is -2.43. The Morgan fingerprint density at radius 3 is 2.61 bits per heavy atom. The molecule has 178 valence electrons. The molecule has 2 aliphatic rings. The quantitative estimate of drug-likeness (QED) is 0.667. The Bertz CT molecular complexity index is 1240. The fourth-order valence-electron chi connectivity index (χ4n) is 4.53. The Labute approximate surface area is 195 Å². The molecule has 2 heterocycles.